The number of hydrogen-bond acceptors (Lipinski definition) is 6. The third-order valence-corrected chi connectivity index (χ3v) is 3.58. The summed E-state index contributed by atoms with van der Waals surface area (Å²) in [4.78, 5) is 11.7. The molecule has 2 aromatic rings. The zero-order valence-electron chi connectivity index (χ0n) is 14.8. The predicted octanol–water partition coefficient (Wildman–Crippen LogP) is 2.00. The summed E-state index contributed by atoms with van der Waals surface area (Å²) in [6.07, 6.45) is 0. The van der Waals surface area contributed by atoms with Crippen LogP contribution in [-0.4, -0.2) is 39.6 Å². The molecule has 27 heavy (non-hydrogen) atoms. The highest BCUT2D eigenvalue weighted by molar-refractivity contribution is 5.77. The average Bonchev–Trinajstić information content (AvgIpc) is 3.17. The summed E-state index contributed by atoms with van der Waals surface area (Å²) in [5.74, 6) is 8.72. The number of benzene rings is 2. The van der Waals surface area contributed by atoms with Gasteiger partial charge in [0.2, 0.25) is 6.79 Å². The smallest absolute Gasteiger partial charge is 0.258 e. The second-order valence-corrected chi connectivity index (χ2v) is 5.40. The number of carbonyl (C=O) groups excluding carboxylic acids is 1. The molecule has 0 bridgehead atoms. The quantitative estimate of drug-likeness (QED) is 0.753. The van der Waals surface area contributed by atoms with Gasteiger partial charge in [0.25, 0.3) is 5.91 Å². The molecule has 0 saturated carbocycles. The molecule has 140 valence electrons. The van der Waals surface area contributed by atoms with E-state index in [1.807, 2.05) is 0 Å². The highest BCUT2D eigenvalue weighted by atomic mass is 16.7. The van der Waals surface area contributed by atoms with Crippen molar-refractivity contribution in [3.63, 3.8) is 0 Å². The average molecular weight is 369 g/mol. The molecule has 1 N–H and O–H groups in total. The van der Waals surface area contributed by atoms with Crippen LogP contribution in [0, 0.1) is 11.8 Å². The van der Waals surface area contributed by atoms with Gasteiger partial charge in [-0.15, -0.1) is 0 Å². The fourth-order valence-corrected chi connectivity index (χ4v) is 2.21. The molecule has 7 heteroatoms. The van der Waals surface area contributed by atoms with Gasteiger partial charge in [-0.05, 0) is 36.4 Å². The molecule has 0 unspecified atom stereocenters. The number of nitrogens with one attached hydrogen (secondary N) is 1. The van der Waals surface area contributed by atoms with Gasteiger partial charge in [0.15, 0.2) is 18.1 Å². The van der Waals surface area contributed by atoms with Gasteiger partial charge in [-0.1, -0.05) is 11.8 Å². The zero-order chi connectivity index (χ0) is 18.9. The van der Waals surface area contributed by atoms with Gasteiger partial charge >= 0.3 is 0 Å². The van der Waals surface area contributed by atoms with Crippen LogP contribution in [0.1, 0.15) is 0 Å². The van der Waals surface area contributed by atoms with Crippen LogP contribution in [0.3, 0.4) is 0 Å². The first kappa shape index (κ1) is 18.3. The lowest BCUT2D eigenvalue weighted by atomic mass is 10.3. The summed E-state index contributed by atoms with van der Waals surface area (Å²) < 4.78 is 26.4. The van der Waals surface area contributed by atoms with Crippen molar-refractivity contribution in [3.05, 3.63) is 42.5 Å². The Morgan fingerprint density at radius 2 is 1.74 bits per heavy atom. The van der Waals surface area contributed by atoms with E-state index in [-0.39, 0.29) is 32.5 Å². The first-order chi connectivity index (χ1) is 13.2. The Morgan fingerprint density at radius 3 is 2.56 bits per heavy atom. The summed E-state index contributed by atoms with van der Waals surface area (Å²) in [7, 11) is 1.59. The van der Waals surface area contributed by atoms with E-state index in [0.29, 0.717) is 23.0 Å². The number of carbonyl (C=O) groups is 1. The zero-order valence-corrected chi connectivity index (χ0v) is 14.8. The molecule has 0 fully saturated rings. The Bertz CT molecular complexity index is 838. The monoisotopic (exact) mass is 369 g/mol. The van der Waals surface area contributed by atoms with Crippen LogP contribution in [0.25, 0.3) is 0 Å². The van der Waals surface area contributed by atoms with E-state index in [0.717, 1.165) is 5.75 Å². The van der Waals surface area contributed by atoms with Crippen molar-refractivity contribution in [1.29, 1.82) is 0 Å². The minimum Gasteiger partial charge on any atom is -0.497 e. The van der Waals surface area contributed by atoms with Crippen molar-refractivity contribution in [2.24, 2.45) is 0 Å². The van der Waals surface area contributed by atoms with Gasteiger partial charge in [-0.2, -0.15) is 0 Å². The Balaban J connectivity index is 1.32. The van der Waals surface area contributed by atoms with Gasteiger partial charge in [-0.25, -0.2) is 0 Å². The lowest BCUT2D eigenvalue weighted by Crippen LogP contribution is -2.29. The van der Waals surface area contributed by atoms with Gasteiger partial charge in [0.1, 0.15) is 23.9 Å². The Hall–Kier alpha value is -3.53. The highest BCUT2D eigenvalue weighted by Gasteiger charge is 2.13. The van der Waals surface area contributed by atoms with E-state index in [2.05, 4.69) is 17.2 Å². The molecule has 3 rings (SSSR count). The van der Waals surface area contributed by atoms with E-state index in [9.17, 15) is 4.79 Å². The maximum atomic E-state index is 11.7. The molecule has 0 aliphatic carbocycles. The number of hydrogen-bond donors (Lipinski definition) is 1. The number of rotatable bonds is 7. The molecule has 2 aromatic carbocycles. The van der Waals surface area contributed by atoms with Crippen molar-refractivity contribution in [2.75, 3.05) is 33.7 Å². The van der Waals surface area contributed by atoms with Gasteiger partial charge in [0.05, 0.1) is 13.7 Å². The Labute approximate surface area is 157 Å². The van der Waals surface area contributed by atoms with Crippen LogP contribution >= 0.6 is 0 Å². The molecular formula is C20H19NO6. The summed E-state index contributed by atoms with van der Waals surface area (Å²) in [6.45, 7) is 0.565. The Morgan fingerprint density at radius 1 is 1.00 bits per heavy atom. The number of fused-ring (bicyclic) bond motifs is 1. The fraction of sp³-hybridized carbons (Fsp3) is 0.250. The molecule has 0 aromatic heterocycles. The first-order valence-corrected chi connectivity index (χ1v) is 8.26. The van der Waals surface area contributed by atoms with Crippen LogP contribution in [0.4, 0.5) is 0 Å². The number of methoxy groups -OCH3 is 1. The lowest BCUT2D eigenvalue weighted by Gasteiger charge is -2.06. The molecule has 0 saturated heterocycles. The first-order valence-electron chi connectivity index (χ1n) is 8.26. The molecular weight excluding hydrogens is 350 g/mol. The number of ether oxygens (including phenoxy) is 5. The van der Waals surface area contributed by atoms with E-state index >= 15 is 0 Å². The fourth-order valence-electron chi connectivity index (χ4n) is 2.21. The van der Waals surface area contributed by atoms with Gasteiger partial charge in [-0.3, -0.25) is 4.79 Å². The largest absolute Gasteiger partial charge is 0.497 e. The maximum absolute atomic E-state index is 11.7. The van der Waals surface area contributed by atoms with E-state index in [1.54, 1.807) is 49.6 Å². The standard InChI is InChI=1S/C20H19NO6/c1-23-15-4-6-16(7-5-15)25-13-20(22)21-10-2-3-11-24-17-8-9-18-19(12-17)27-14-26-18/h4-9,12H,10-11,13-14H2,1H3,(H,21,22). The lowest BCUT2D eigenvalue weighted by molar-refractivity contribution is -0.122. The van der Waals surface area contributed by atoms with Crippen LogP contribution in [-0.2, 0) is 4.79 Å². The third-order valence-electron chi connectivity index (χ3n) is 3.58. The SMILES string of the molecule is COc1ccc(OCC(=O)NCC#CCOc2ccc3c(c2)OCO3)cc1. The number of amides is 1. The Kier molecular flexibility index (Phi) is 6.26. The summed E-state index contributed by atoms with van der Waals surface area (Å²) in [5.41, 5.74) is 0. The summed E-state index contributed by atoms with van der Waals surface area (Å²) >= 11 is 0. The van der Waals surface area contributed by atoms with Crippen molar-refractivity contribution >= 4 is 5.91 Å². The summed E-state index contributed by atoms with van der Waals surface area (Å²) in [6, 6.07) is 12.3. The van der Waals surface area contributed by atoms with Crippen LogP contribution in [0.15, 0.2) is 42.5 Å². The molecule has 1 aliphatic heterocycles. The minimum atomic E-state index is -0.253. The topological polar surface area (TPSA) is 75.3 Å². The van der Waals surface area contributed by atoms with Crippen LogP contribution in [0.5, 0.6) is 28.7 Å². The van der Waals surface area contributed by atoms with Crippen molar-refractivity contribution < 1.29 is 28.5 Å². The predicted molar refractivity (Wildman–Crippen MR) is 97.3 cm³/mol. The molecule has 0 atom stereocenters. The van der Waals surface area contributed by atoms with Crippen molar-refractivity contribution in [1.82, 2.24) is 5.32 Å². The van der Waals surface area contributed by atoms with Crippen molar-refractivity contribution in [3.8, 4) is 40.6 Å². The third kappa shape index (κ3) is 5.47. The highest BCUT2D eigenvalue weighted by Crippen LogP contribution is 2.34. The summed E-state index contributed by atoms with van der Waals surface area (Å²) in [5, 5.41) is 2.65. The van der Waals surface area contributed by atoms with E-state index < -0.39 is 0 Å². The van der Waals surface area contributed by atoms with E-state index in [4.69, 9.17) is 23.7 Å². The minimum absolute atomic E-state index is 0.0816. The molecule has 1 amide bonds. The van der Waals surface area contributed by atoms with Gasteiger partial charge < -0.3 is 29.0 Å². The van der Waals surface area contributed by atoms with Crippen molar-refractivity contribution in [2.45, 2.75) is 0 Å². The molecule has 1 aliphatic rings. The molecule has 0 spiro atoms. The normalized spacial score (nSPS) is 11.1. The maximum Gasteiger partial charge on any atom is 0.258 e. The van der Waals surface area contributed by atoms with Gasteiger partial charge in [0, 0.05) is 6.07 Å². The second kappa shape index (κ2) is 9.25. The molecule has 1 heterocycles. The van der Waals surface area contributed by atoms with Crippen LogP contribution in [0.2, 0.25) is 0 Å². The van der Waals surface area contributed by atoms with E-state index in [1.165, 1.54) is 0 Å². The second-order valence-electron chi connectivity index (χ2n) is 5.40. The molecule has 7 nitrogen and oxygen atoms in total. The van der Waals surface area contributed by atoms with Crippen LogP contribution < -0.4 is 29.0 Å². The molecule has 0 radical (unpaired) electrons.